The SMILES string of the molecule is N#CCCOc1ccc(N2CC(CO)OC2=O)cc1. The number of hydrogen-bond acceptors (Lipinski definition) is 5. The lowest BCUT2D eigenvalue weighted by Gasteiger charge is -2.13. The summed E-state index contributed by atoms with van der Waals surface area (Å²) in [4.78, 5) is 13.0. The second kappa shape index (κ2) is 6.07. The number of carbonyl (C=O) groups is 1. The first-order valence-corrected chi connectivity index (χ1v) is 5.93. The van der Waals surface area contributed by atoms with Crippen molar-refractivity contribution < 1.29 is 19.4 Å². The van der Waals surface area contributed by atoms with E-state index in [1.54, 1.807) is 24.3 Å². The zero-order chi connectivity index (χ0) is 13.7. The van der Waals surface area contributed by atoms with E-state index in [4.69, 9.17) is 19.8 Å². The second-order valence-corrected chi connectivity index (χ2v) is 4.05. The summed E-state index contributed by atoms with van der Waals surface area (Å²) in [5, 5.41) is 17.4. The summed E-state index contributed by atoms with van der Waals surface area (Å²) >= 11 is 0. The normalized spacial score (nSPS) is 18.0. The zero-order valence-electron chi connectivity index (χ0n) is 10.3. The first-order valence-electron chi connectivity index (χ1n) is 5.93. The predicted octanol–water partition coefficient (Wildman–Crippen LogP) is 1.30. The molecule has 0 aliphatic carbocycles. The first-order chi connectivity index (χ1) is 9.24. The fourth-order valence-electron chi connectivity index (χ4n) is 1.76. The van der Waals surface area contributed by atoms with Gasteiger partial charge in [0.05, 0.1) is 25.6 Å². The number of benzene rings is 1. The lowest BCUT2D eigenvalue weighted by atomic mass is 10.2. The standard InChI is InChI=1S/C13H14N2O4/c14-6-1-7-18-11-4-2-10(3-5-11)15-8-12(9-16)19-13(15)17/h2-5,12,16H,1,7-9H2. The van der Waals surface area contributed by atoms with E-state index in [9.17, 15) is 4.79 Å². The van der Waals surface area contributed by atoms with Crippen LogP contribution in [0.5, 0.6) is 5.75 Å². The molecule has 1 amide bonds. The summed E-state index contributed by atoms with van der Waals surface area (Å²) in [6, 6.07) is 8.93. The third-order valence-corrected chi connectivity index (χ3v) is 2.71. The van der Waals surface area contributed by atoms with Crippen LogP contribution in [0.1, 0.15) is 6.42 Å². The van der Waals surface area contributed by atoms with Crippen molar-refractivity contribution in [2.75, 3.05) is 24.7 Å². The minimum atomic E-state index is -0.473. The Morgan fingerprint density at radius 2 is 2.21 bits per heavy atom. The molecule has 2 rings (SSSR count). The molecule has 1 aliphatic heterocycles. The number of hydrogen-bond donors (Lipinski definition) is 1. The Labute approximate surface area is 110 Å². The average molecular weight is 262 g/mol. The molecule has 19 heavy (non-hydrogen) atoms. The molecular formula is C13H14N2O4. The Morgan fingerprint density at radius 1 is 1.47 bits per heavy atom. The van der Waals surface area contributed by atoms with Crippen LogP contribution in [0.3, 0.4) is 0 Å². The van der Waals surface area contributed by atoms with Crippen LogP contribution in [0.25, 0.3) is 0 Å². The quantitative estimate of drug-likeness (QED) is 0.808. The molecule has 6 nitrogen and oxygen atoms in total. The van der Waals surface area contributed by atoms with E-state index < -0.39 is 12.2 Å². The lowest BCUT2D eigenvalue weighted by Crippen LogP contribution is -2.25. The summed E-state index contributed by atoms with van der Waals surface area (Å²) in [5.41, 5.74) is 0.689. The summed E-state index contributed by atoms with van der Waals surface area (Å²) in [6.07, 6.45) is -0.602. The molecule has 1 fully saturated rings. The first kappa shape index (κ1) is 13.2. The van der Waals surface area contributed by atoms with Gasteiger partial charge in [-0.1, -0.05) is 0 Å². The van der Waals surface area contributed by atoms with E-state index in [0.29, 0.717) is 31.0 Å². The van der Waals surface area contributed by atoms with Crippen LogP contribution in [0.2, 0.25) is 0 Å². The Balaban J connectivity index is 1.99. The molecule has 0 saturated carbocycles. The van der Waals surface area contributed by atoms with Crippen LogP contribution >= 0.6 is 0 Å². The van der Waals surface area contributed by atoms with Gasteiger partial charge in [0.15, 0.2) is 0 Å². The number of nitriles is 1. The second-order valence-electron chi connectivity index (χ2n) is 4.05. The van der Waals surface area contributed by atoms with E-state index in [2.05, 4.69) is 0 Å². The predicted molar refractivity (Wildman–Crippen MR) is 66.9 cm³/mol. The van der Waals surface area contributed by atoms with E-state index in [1.165, 1.54) is 4.90 Å². The molecule has 1 aliphatic rings. The number of carbonyl (C=O) groups excluding carboxylic acids is 1. The number of anilines is 1. The van der Waals surface area contributed by atoms with Crippen molar-refractivity contribution in [3.05, 3.63) is 24.3 Å². The molecule has 6 heteroatoms. The van der Waals surface area contributed by atoms with Gasteiger partial charge in [-0.2, -0.15) is 5.26 Å². The van der Waals surface area contributed by atoms with Crippen molar-refractivity contribution in [3.8, 4) is 11.8 Å². The van der Waals surface area contributed by atoms with Crippen molar-refractivity contribution in [2.24, 2.45) is 0 Å². The van der Waals surface area contributed by atoms with E-state index in [1.807, 2.05) is 6.07 Å². The van der Waals surface area contributed by atoms with Gasteiger partial charge in [-0.15, -0.1) is 0 Å². The van der Waals surface area contributed by atoms with Gasteiger partial charge in [0.2, 0.25) is 0 Å². The maximum atomic E-state index is 11.6. The average Bonchev–Trinajstić information content (AvgIpc) is 2.81. The van der Waals surface area contributed by atoms with Gasteiger partial charge >= 0.3 is 6.09 Å². The third-order valence-electron chi connectivity index (χ3n) is 2.71. The smallest absolute Gasteiger partial charge is 0.414 e. The summed E-state index contributed by atoms with van der Waals surface area (Å²) in [6.45, 7) is 0.496. The molecule has 1 aromatic carbocycles. The highest BCUT2D eigenvalue weighted by molar-refractivity contribution is 5.89. The molecule has 1 N–H and O–H groups in total. The molecule has 1 saturated heterocycles. The molecule has 0 bridgehead atoms. The summed E-state index contributed by atoms with van der Waals surface area (Å²) < 4.78 is 10.3. The number of aliphatic hydroxyl groups excluding tert-OH is 1. The van der Waals surface area contributed by atoms with E-state index in [-0.39, 0.29) is 6.61 Å². The maximum absolute atomic E-state index is 11.6. The Hall–Kier alpha value is -2.26. The van der Waals surface area contributed by atoms with Crippen LogP contribution in [-0.2, 0) is 4.74 Å². The molecule has 0 spiro atoms. The molecule has 100 valence electrons. The van der Waals surface area contributed by atoms with Crippen molar-refractivity contribution in [1.82, 2.24) is 0 Å². The van der Waals surface area contributed by atoms with Gasteiger partial charge in [0.25, 0.3) is 0 Å². The molecule has 1 aromatic rings. The molecule has 0 radical (unpaired) electrons. The van der Waals surface area contributed by atoms with Crippen molar-refractivity contribution in [2.45, 2.75) is 12.5 Å². The number of cyclic esters (lactones) is 1. The minimum absolute atomic E-state index is 0.183. The van der Waals surface area contributed by atoms with E-state index >= 15 is 0 Å². The van der Waals surface area contributed by atoms with Gasteiger partial charge < -0.3 is 14.6 Å². The van der Waals surface area contributed by atoms with Gasteiger partial charge in [-0.05, 0) is 24.3 Å². The fourth-order valence-corrected chi connectivity index (χ4v) is 1.76. The Kier molecular flexibility index (Phi) is 4.21. The number of nitrogens with zero attached hydrogens (tertiary/aromatic N) is 2. The van der Waals surface area contributed by atoms with Crippen molar-refractivity contribution >= 4 is 11.8 Å². The Morgan fingerprint density at radius 3 is 2.79 bits per heavy atom. The molecule has 1 atom stereocenters. The number of rotatable bonds is 5. The van der Waals surface area contributed by atoms with Gasteiger partial charge in [0.1, 0.15) is 18.5 Å². The molecular weight excluding hydrogens is 248 g/mol. The number of ether oxygens (including phenoxy) is 2. The topological polar surface area (TPSA) is 82.8 Å². The summed E-state index contributed by atoms with van der Waals surface area (Å²) in [7, 11) is 0. The van der Waals surface area contributed by atoms with Crippen LogP contribution in [-0.4, -0.2) is 37.1 Å². The van der Waals surface area contributed by atoms with Crippen molar-refractivity contribution in [3.63, 3.8) is 0 Å². The highest BCUT2D eigenvalue weighted by atomic mass is 16.6. The summed E-state index contributed by atoms with van der Waals surface area (Å²) in [5.74, 6) is 0.644. The minimum Gasteiger partial charge on any atom is -0.493 e. The van der Waals surface area contributed by atoms with Crippen molar-refractivity contribution in [1.29, 1.82) is 5.26 Å². The number of amides is 1. The van der Waals surface area contributed by atoms with Crippen LogP contribution in [0.4, 0.5) is 10.5 Å². The van der Waals surface area contributed by atoms with Crippen LogP contribution < -0.4 is 9.64 Å². The van der Waals surface area contributed by atoms with Crippen LogP contribution in [0.15, 0.2) is 24.3 Å². The fraction of sp³-hybridized carbons (Fsp3) is 0.385. The van der Waals surface area contributed by atoms with Gasteiger partial charge in [0, 0.05) is 5.69 Å². The lowest BCUT2D eigenvalue weighted by molar-refractivity contribution is 0.0963. The maximum Gasteiger partial charge on any atom is 0.414 e. The monoisotopic (exact) mass is 262 g/mol. The van der Waals surface area contributed by atoms with E-state index in [0.717, 1.165) is 0 Å². The molecule has 1 unspecified atom stereocenters. The highest BCUT2D eigenvalue weighted by Gasteiger charge is 2.31. The van der Waals surface area contributed by atoms with Crippen LogP contribution in [0, 0.1) is 11.3 Å². The van der Waals surface area contributed by atoms with Gasteiger partial charge in [-0.25, -0.2) is 4.79 Å². The molecule has 1 heterocycles. The Bertz CT molecular complexity index is 480. The number of aliphatic hydroxyl groups is 1. The highest BCUT2D eigenvalue weighted by Crippen LogP contribution is 2.24. The third kappa shape index (κ3) is 3.14. The zero-order valence-corrected chi connectivity index (χ0v) is 10.3. The van der Waals surface area contributed by atoms with Gasteiger partial charge in [-0.3, -0.25) is 4.90 Å². The largest absolute Gasteiger partial charge is 0.493 e. The molecule has 0 aromatic heterocycles.